The van der Waals surface area contributed by atoms with Crippen molar-refractivity contribution in [3.63, 3.8) is 0 Å². The highest BCUT2D eigenvalue weighted by molar-refractivity contribution is 9.10. The summed E-state index contributed by atoms with van der Waals surface area (Å²) in [5.41, 5.74) is 3.04. The summed E-state index contributed by atoms with van der Waals surface area (Å²) in [7, 11) is 0. The Balaban J connectivity index is 1.25. The van der Waals surface area contributed by atoms with E-state index in [9.17, 15) is 9.59 Å². The summed E-state index contributed by atoms with van der Waals surface area (Å²) < 4.78 is 7.99. The summed E-state index contributed by atoms with van der Waals surface area (Å²) in [6.07, 6.45) is 2.94. The van der Waals surface area contributed by atoms with E-state index in [1.165, 1.54) is 22.7 Å². The molecule has 2 amide bonds. The second kappa shape index (κ2) is 12.5. The number of rotatable bonds is 9. The van der Waals surface area contributed by atoms with E-state index in [4.69, 9.17) is 16.3 Å². The molecule has 2 heterocycles. The van der Waals surface area contributed by atoms with Crippen LogP contribution in [0.15, 0.2) is 64.5 Å². The maximum absolute atomic E-state index is 12.8. The molecule has 4 aromatic rings. The normalized spacial score (nSPS) is 15.0. The largest absolute Gasteiger partial charge is 0.376 e. The number of amides is 2. The lowest BCUT2D eigenvalue weighted by Gasteiger charge is -2.14. The fourth-order valence-electron chi connectivity index (χ4n) is 4.59. The molecule has 0 saturated carbocycles. The molecule has 1 aliphatic rings. The second-order valence-corrected chi connectivity index (χ2v) is 11.2. The van der Waals surface area contributed by atoms with Gasteiger partial charge in [0.2, 0.25) is 10.6 Å². The van der Waals surface area contributed by atoms with Gasteiger partial charge in [-0.15, -0.1) is 10.2 Å². The van der Waals surface area contributed by atoms with Gasteiger partial charge in [0.25, 0.3) is 5.91 Å². The van der Waals surface area contributed by atoms with Gasteiger partial charge in [-0.3, -0.25) is 14.2 Å². The molecule has 8 nitrogen and oxygen atoms in total. The van der Waals surface area contributed by atoms with Crippen molar-refractivity contribution in [2.45, 2.75) is 37.4 Å². The number of hydrogen-bond acceptors (Lipinski definition) is 6. The number of benzene rings is 3. The molecule has 1 atom stereocenters. The molecule has 5 rings (SSSR count). The Labute approximate surface area is 244 Å². The molecule has 1 fully saturated rings. The Hall–Kier alpha value is -2.92. The first kappa shape index (κ1) is 27.6. The number of carbonyl (C=O) groups excluding carboxylic acids is 2. The van der Waals surface area contributed by atoms with Crippen molar-refractivity contribution < 1.29 is 14.3 Å². The van der Waals surface area contributed by atoms with Crippen molar-refractivity contribution in [2.24, 2.45) is 0 Å². The highest BCUT2D eigenvalue weighted by Gasteiger charge is 2.19. The smallest absolute Gasteiger partial charge is 0.251 e. The van der Waals surface area contributed by atoms with Crippen molar-refractivity contribution in [1.82, 2.24) is 20.1 Å². The maximum Gasteiger partial charge on any atom is 0.251 e. The molecule has 0 bridgehead atoms. The molecule has 39 heavy (non-hydrogen) atoms. The maximum atomic E-state index is 12.8. The van der Waals surface area contributed by atoms with Gasteiger partial charge >= 0.3 is 0 Å². The molecule has 1 saturated heterocycles. The third-order valence-electron chi connectivity index (χ3n) is 6.56. The quantitative estimate of drug-likeness (QED) is 0.220. The molecule has 0 radical (unpaired) electrons. The summed E-state index contributed by atoms with van der Waals surface area (Å²) in [6.45, 7) is 3.33. The van der Waals surface area contributed by atoms with Gasteiger partial charge in [-0.1, -0.05) is 60.6 Å². The number of fused-ring (bicyclic) bond motifs is 1. The number of hydrogen-bond donors (Lipinski definition) is 2. The standard InChI is InChI=1S/C28H27BrClN5O3S/c1-2-17-10-12-24(21-8-4-3-7-20(17)21)35-27(29)33-34-28(35)39-16-25(36)32-23-11-9-18(14-22(23)30)26(37)31-15-19-6-5-13-38-19/h3-4,7-12,14,19H,2,5-6,13,15-16H2,1H3,(H,31,37)(H,32,36). The van der Waals surface area contributed by atoms with Crippen molar-refractivity contribution in [3.8, 4) is 5.69 Å². The molecule has 2 N–H and O–H groups in total. The van der Waals surface area contributed by atoms with Gasteiger partial charge in [0, 0.05) is 24.1 Å². The summed E-state index contributed by atoms with van der Waals surface area (Å²) in [6, 6.07) is 17.2. The molecule has 202 valence electrons. The lowest BCUT2D eigenvalue weighted by molar-refractivity contribution is -0.113. The molecule has 3 aromatic carbocycles. The average Bonchev–Trinajstić information content (AvgIpc) is 3.60. The number of thioether (sulfide) groups is 1. The van der Waals surface area contributed by atoms with Crippen LogP contribution in [0.25, 0.3) is 16.5 Å². The molecule has 11 heteroatoms. The Bertz CT molecular complexity index is 1520. The van der Waals surface area contributed by atoms with Crippen molar-refractivity contribution in [2.75, 3.05) is 24.2 Å². The fourth-order valence-corrected chi connectivity index (χ4v) is 6.11. The third kappa shape index (κ3) is 6.30. The lowest BCUT2D eigenvalue weighted by Crippen LogP contribution is -2.31. The topological polar surface area (TPSA) is 98.1 Å². The zero-order valence-corrected chi connectivity index (χ0v) is 24.4. The average molecular weight is 629 g/mol. The summed E-state index contributed by atoms with van der Waals surface area (Å²) >= 11 is 11.2. The Morgan fingerprint density at radius 1 is 1.15 bits per heavy atom. The van der Waals surface area contributed by atoms with E-state index in [0.29, 0.717) is 27.7 Å². The first-order chi connectivity index (χ1) is 18.9. The third-order valence-corrected chi connectivity index (χ3v) is 8.31. The number of carbonyl (C=O) groups is 2. The van der Waals surface area contributed by atoms with Crippen LogP contribution in [0.4, 0.5) is 5.69 Å². The number of aromatic nitrogens is 3. The fraction of sp³-hybridized carbons (Fsp3) is 0.286. The lowest BCUT2D eigenvalue weighted by atomic mass is 10.0. The van der Waals surface area contributed by atoms with Gasteiger partial charge in [-0.25, -0.2) is 0 Å². The van der Waals surface area contributed by atoms with Gasteiger partial charge in [-0.2, -0.15) is 0 Å². The molecular formula is C28H27BrClN5O3S. The van der Waals surface area contributed by atoms with Crippen LogP contribution in [0.5, 0.6) is 0 Å². The highest BCUT2D eigenvalue weighted by atomic mass is 79.9. The van der Waals surface area contributed by atoms with Crippen LogP contribution in [0.2, 0.25) is 5.02 Å². The molecule has 1 aromatic heterocycles. The Morgan fingerprint density at radius 2 is 1.97 bits per heavy atom. The van der Waals surface area contributed by atoms with Crippen molar-refractivity contribution >= 4 is 67.6 Å². The van der Waals surface area contributed by atoms with Gasteiger partial charge < -0.3 is 15.4 Å². The Morgan fingerprint density at radius 3 is 2.72 bits per heavy atom. The van der Waals surface area contributed by atoms with Crippen molar-refractivity contribution in [3.05, 3.63) is 75.5 Å². The predicted molar refractivity (Wildman–Crippen MR) is 158 cm³/mol. The SMILES string of the molecule is CCc1ccc(-n2c(Br)nnc2SCC(=O)Nc2ccc(C(=O)NCC3CCCO3)cc2Cl)c2ccccc12. The van der Waals surface area contributed by atoms with Crippen LogP contribution < -0.4 is 10.6 Å². The number of halogens is 2. The Kier molecular flexibility index (Phi) is 8.86. The first-order valence-corrected chi connectivity index (χ1v) is 14.8. The van der Waals surface area contributed by atoms with Gasteiger partial charge in [0.1, 0.15) is 0 Å². The van der Waals surface area contributed by atoms with Crippen LogP contribution >= 0.6 is 39.3 Å². The van der Waals surface area contributed by atoms with Gasteiger partial charge in [0.15, 0.2) is 5.16 Å². The minimum absolute atomic E-state index is 0.0568. The molecule has 1 aliphatic heterocycles. The van der Waals surface area contributed by atoms with Crippen LogP contribution in [-0.4, -0.2) is 51.6 Å². The minimum Gasteiger partial charge on any atom is -0.376 e. The van der Waals surface area contributed by atoms with Crippen LogP contribution in [0.1, 0.15) is 35.7 Å². The summed E-state index contributed by atoms with van der Waals surface area (Å²) in [5.74, 6) is -0.393. The van der Waals surface area contributed by atoms with Crippen LogP contribution in [0.3, 0.4) is 0 Å². The molecular weight excluding hydrogens is 602 g/mol. The van der Waals surface area contributed by atoms with E-state index in [1.807, 2.05) is 16.7 Å². The van der Waals surface area contributed by atoms with Gasteiger partial charge in [0.05, 0.1) is 28.3 Å². The first-order valence-electron chi connectivity index (χ1n) is 12.7. The van der Waals surface area contributed by atoms with Crippen molar-refractivity contribution in [1.29, 1.82) is 0 Å². The van der Waals surface area contributed by atoms with Gasteiger partial charge in [-0.05, 0) is 70.4 Å². The number of ether oxygens (including phenoxy) is 1. The van der Waals surface area contributed by atoms with E-state index in [-0.39, 0.29) is 28.7 Å². The van der Waals surface area contributed by atoms with E-state index in [2.05, 4.69) is 68.0 Å². The van der Waals surface area contributed by atoms with Crippen LogP contribution in [0, 0.1) is 0 Å². The number of anilines is 1. The highest BCUT2D eigenvalue weighted by Crippen LogP contribution is 2.32. The molecule has 1 unspecified atom stereocenters. The minimum atomic E-state index is -0.255. The zero-order valence-electron chi connectivity index (χ0n) is 21.2. The molecule has 0 aliphatic carbocycles. The summed E-state index contributed by atoms with van der Waals surface area (Å²) in [5, 5.41) is 17.3. The number of nitrogens with one attached hydrogen (secondary N) is 2. The second-order valence-electron chi connectivity index (χ2n) is 9.11. The number of nitrogens with zero attached hydrogens (tertiary/aromatic N) is 3. The summed E-state index contributed by atoms with van der Waals surface area (Å²) in [4.78, 5) is 25.3. The van der Waals surface area contributed by atoms with E-state index < -0.39 is 0 Å². The van der Waals surface area contributed by atoms with E-state index in [1.54, 1.807) is 18.2 Å². The monoisotopic (exact) mass is 627 g/mol. The zero-order chi connectivity index (χ0) is 27.4. The predicted octanol–water partition coefficient (Wildman–Crippen LogP) is 6.04. The van der Waals surface area contributed by atoms with E-state index >= 15 is 0 Å². The molecule has 0 spiro atoms. The van der Waals surface area contributed by atoms with Crippen LogP contribution in [-0.2, 0) is 16.0 Å². The number of aryl methyl sites for hydroxylation is 1. The van der Waals surface area contributed by atoms with E-state index in [0.717, 1.165) is 36.9 Å².